The molecule has 1 amide bonds. The van der Waals surface area contributed by atoms with Gasteiger partial charge in [-0.2, -0.15) is 0 Å². The van der Waals surface area contributed by atoms with Crippen LogP contribution in [0.2, 0.25) is 0 Å². The van der Waals surface area contributed by atoms with Crippen molar-refractivity contribution in [2.24, 2.45) is 22.7 Å². The van der Waals surface area contributed by atoms with Crippen molar-refractivity contribution in [2.75, 3.05) is 0 Å². The third-order valence-electron chi connectivity index (χ3n) is 4.83. The van der Waals surface area contributed by atoms with Crippen LogP contribution in [0.3, 0.4) is 0 Å². The number of nitrogens with one attached hydrogen (secondary N) is 1. The summed E-state index contributed by atoms with van der Waals surface area (Å²) in [5.41, 5.74) is 8.30. The molecule has 5 nitrogen and oxygen atoms in total. The first-order chi connectivity index (χ1) is 10.2. The number of oxime groups is 1. The highest BCUT2D eigenvalue weighted by Gasteiger charge is 2.57. The Hall–Kier alpha value is -2.04. The van der Waals surface area contributed by atoms with Gasteiger partial charge in [-0.05, 0) is 42.2 Å². The number of amidine groups is 1. The number of amides is 1. The second kappa shape index (κ2) is 5.39. The van der Waals surface area contributed by atoms with Crippen molar-refractivity contribution in [1.82, 2.24) is 5.32 Å². The zero-order valence-electron chi connectivity index (χ0n) is 12.1. The minimum absolute atomic E-state index is 0.0279. The van der Waals surface area contributed by atoms with E-state index in [0.29, 0.717) is 18.3 Å². The van der Waals surface area contributed by atoms with Crippen LogP contribution in [0.25, 0.3) is 0 Å². The predicted molar refractivity (Wildman–Crippen MR) is 80.1 cm³/mol. The third-order valence-corrected chi connectivity index (χ3v) is 4.83. The number of nitrogens with two attached hydrogens (primary N) is 1. The Balaban J connectivity index is 1.72. The SMILES string of the molecule is CCC(NC(=O)C1C2CCc3ccccc3C21)/C(N)=N/O. The molecule has 0 radical (unpaired) electrons. The summed E-state index contributed by atoms with van der Waals surface area (Å²) >= 11 is 0. The van der Waals surface area contributed by atoms with Gasteiger partial charge in [-0.1, -0.05) is 36.3 Å². The molecular weight excluding hydrogens is 266 g/mol. The first-order valence-corrected chi connectivity index (χ1v) is 7.53. The lowest BCUT2D eigenvalue weighted by Gasteiger charge is -2.15. The van der Waals surface area contributed by atoms with Gasteiger partial charge in [-0.15, -0.1) is 0 Å². The van der Waals surface area contributed by atoms with Crippen molar-refractivity contribution in [2.45, 2.75) is 38.1 Å². The van der Waals surface area contributed by atoms with Crippen LogP contribution in [0.4, 0.5) is 0 Å². The van der Waals surface area contributed by atoms with Gasteiger partial charge < -0.3 is 16.3 Å². The molecule has 2 aliphatic rings. The quantitative estimate of drug-likeness (QED) is 0.340. The number of benzene rings is 1. The number of rotatable bonds is 4. The third kappa shape index (κ3) is 2.37. The van der Waals surface area contributed by atoms with Crippen molar-refractivity contribution < 1.29 is 10.0 Å². The fourth-order valence-electron chi connectivity index (χ4n) is 3.65. The zero-order chi connectivity index (χ0) is 15.0. The van der Waals surface area contributed by atoms with Gasteiger partial charge >= 0.3 is 0 Å². The van der Waals surface area contributed by atoms with Gasteiger partial charge in [0.2, 0.25) is 5.91 Å². The van der Waals surface area contributed by atoms with Crippen molar-refractivity contribution >= 4 is 11.7 Å². The lowest BCUT2D eigenvalue weighted by molar-refractivity contribution is -0.123. The van der Waals surface area contributed by atoms with Crippen LogP contribution in [0.15, 0.2) is 29.4 Å². The Bertz CT molecular complexity index is 585. The zero-order valence-corrected chi connectivity index (χ0v) is 12.1. The number of aryl methyl sites for hydroxylation is 1. The molecule has 21 heavy (non-hydrogen) atoms. The summed E-state index contributed by atoms with van der Waals surface area (Å²) in [5.74, 6) is 0.925. The molecule has 0 aliphatic heterocycles. The molecule has 3 rings (SSSR count). The summed E-state index contributed by atoms with van der Waals surface area (Å²) < 4.78 is 0. The molecule has 0 bridgehead atoms. The van der Waals surface area contributed by atoms with E-state index in [2.05, 4.69) is 28.7 Å². The topological polar surface area (TPSA) is 87.7 Å². The number of carbonyl (C=O) groups excluding carboxylic acids is 1. The van der Waals surface area contributed by atoms with E-state index in [1.54, 1.807) is 0 Å². The summed E-state index contributed by atoms with van der Waals surface area (Å²) in [4.78, 5) is 12.5. The molecule has 4 unspecified atom stereocenters. The minimum Gasteiger partial charge on any atom is -0.409 e. The maximum atomic E-state index is 12.5. The van der Waals surface area contributed by atoms with E-state index in [4.69, 9.17) is 10.9 Å². The molecule has 1 aromatic rings. The van der Waals surface area contributed by atoms with E-state index in [1.807, 2.05) is 13.0 Å². The summed E-state index contributed by atoms with van der Waals surface area (Å²) in [6.07, 6.45) is 2.74. The second-order valence-corrected chi connectivity index (χ2v) is 5.95. The monoisotopic (exact) mass is 287 g/mol. The first-order valence-electron chi connectivity index (χ1n) is 7.53. The summed E-state index contributed by atoms with van der Waals surface area (Å²) in [6.45, 7) is 1.90. The summed E-state index contributed by atoms with van der Waals surface area (Å²) in [7, 11) is 0. The maximum Gasteiger partial charge on any atom is 0.224 e. The largest absolute Gasteiger partial charge is 0.409 e. The molecule has 0 saturated heterocycles. The summed E-state index contributed by atoms with van der Waals surface area (Å²) in [5, 5.41) is 14.7. The summed E-state index contributed by atoms with van der Waals surface area (Å²) in [6, 6.07) is 8.01. The van der Waals surface area contributed by atoms with Crippen LogP contribution in [0, 0.1) is 11.8 Å². The molecule has 0 aromatic heterocycles. The fourth-order valence-corrected chi connectivity index (χ4v) is 3.65. The Morgan fingerprint density at radius 2 is 2.29 bits per heavy atom. The molecule has 5 heteroatoms. The number of carbonyl (C=O) groups is 1. The molecule has 4 N–H and O–H groups in total. The van der Waals surface area contributed by atoms with E-state index >= 15 is 0 Å². The van der Waals surface area contributed by atoms with Crippen molar-refractivity contribution in [3.05, 3.63) is 35.4 Å². The van der Waals surface area contributed by atoms with Crippen molar-refractivity contribution in [3.63, 3.8) is 0 Å². The highest BCUT2D eigenvalue weighted by molar-refractivity contribution is 5.92. The molecule has 0 heterocycles. The van der Waals surface area contributed by atoms with Gasteiger partial charge in [0.05, 0.1) is 6.04 Å². The van der Waals surface area contributed by atoms with Crippen molar-refractivity contribution in [3.8, 4) is 0 Å². The molecule has 112 valence electrons. The average molecular weight is 287 g/mol. The Morgan fingerprint density at radius 3 is 3.00 bits per heavy atom. The van der Waals surface area contributed by atoms with Crippen LogP contribution >= 0.6 is 0 Å². The average Bonchev–Trinajstić information content (AvgIpc) is 3.26. The molecule has 1 fully saturated rings. The first kappa shape index (κ1) is 13.9. The number of nitrogens with zero attached hydrogens (tertiary/aromatic N) is 1. The number of hydrogen-bond acceptors (Lipinski definition) is 3. The molecule has 0 spiro atoms. The van der Waals surface area contributed by atoms with Crippen LogP contribution < -0.4 is 11.1 Å². The highest BCUT2D eigenvalue weighted by Crippen LogP contribution is 2.59. The molecule has 2 aliphatic carbocycles. The Morgan fingerprint density at radius 1 is 1.52 bits per heavy atom. The normalized spacial score (nSPS) is 28.2. The standard InChI is InChI=1S/C16H21N3O2/c1-2-12(15(17)19-21)18-16(20)14-11-8-7-9-5-3-4-6-10(9)13(11)14/h3-6,11-14,21H,2,7-8H2,1H3,(H2,17,19)(H,18,20). The van der Waals surface area contributed by atoms with E-state index in [-0.39, 0.29) is 23.7 Å². The van der Waals surface area contributed by atoms with Crippen molar-refractivity contribution in [1.29, 1.82) is 0 Å². The van der Waals surface area contributed by atoms with Crippen LogP contribution in [-0.4, -0.2) is 23.0 Å². The van der Waals surface area contributed by atoms with E-state index in [9.17, 15) is 4.79 Å². The second-order valence-electron chi connectivity index (χ2n) is 5.95. The fraction of sp³-hybridized carbons (Fsp3) is 0.500. The molecular formula is C16H21N3O2. The van der Waals surface area contributed by atoms with E-state index < -0.39 is 0 Å². The van der Waals surface area contributed by atoms with Gasteiger partial charge in [-0.25, -0.2) is 0 Å². The Labute approximate surface area is 124 Å². The predicted octanol–water partition coefficient (Wildman–Crippen LogP) is 1.60. The lowest BCUT2D eigenvalue weighted by atomic mass is 9.92. The smallest absolute Gasteiger partial charge is 0.224 e. The van der Waals surface area contributed by atoms with Gasteiger partial charge in [0.1, 0.15) is 0 Å². The van der Waals surface area contributed by atoms with Gasteiger partial charge in [0.15, 0.2) is 5.84 Å². The molecule has 1 aromatic carbocycles. The van der Waals surface area contributed by atoms with Gasteiger partial charge in [0, 0.05) is 5.92 Å². The van der Waals surface area contributed by atoms with Crippen LogP contribution in [0.5, 0.6) is 0 Å². The minimum atomic E-state index is -0.389. The molecule has 4 atom stereocenters. The maximum absolute atomic E-state index is 12.5. The van der Waals surface area contributed by atoms with Gasteiger partial charge in [-0.3, -0.25) is 4.79 Å². The number of hydrogen-bond donors (Lipinski definition) is 3. The van der Waals surface area contributed by atoms with E-state index in [1.165, 1.54) is 11.1 Å². The van der Waals surface area contributed by atoms with Crippen LogP contribution in [0.1, 0.15) is 36.8 Å². The number of fused-ring (bicyclic) bond motifs is 3. The van der Waals surface area contributed by atoms with Crippen LogP contribution in [-0.2, 0) is 11.2 Å². The Kier molecular flexibility index (Phi) is 3.57. The van der Waals surface area contributed by atoms with E-state index in [0.717, 1.165) is 12.8 Å². The molecule has 1 saturated carbocycles. The highest BCUT2D eigenvalue weighted by atomic mass is 16.4. The van der Waals surface area contributed by atoms with Gasteiger partial charge in [0.25, 0.3) is 0 Å². The lowest BCUT2D eigenvalue weighted by Crippen LogP contribution is -2.45.